The molecule has 3 aromatic heterocycles. The minimum atomic E-state index is -5.01. The molecule has 6 aromatic rings. The van der Waals surface area contributed by atoms with Gasteiger partial charge in [-0.2, -0.15) is 13.2 Å². The van der Waals surface area contributed by atoms with Gasteiger partial charge in [0.15, 0.2) is 0 Å². The van der Waals surface area contributed by atoms with Gasteiger partial charge in [-0.25, -0.2) is 9.37 Å². The zero-order valence-corrected chi connectivity index (χ0v) is 46.1. The van der Waals surface area contributed by atoms with E-state index in [0.717, 1.165) is 22.2 Å². The highest BCUT2D eigenvalue weighted by atomic mass is 32.1. The Morgan fingerprint density at radius 2 is 1.60 bits per heavy atom. The van der Waals surface area contributed by atoms with E-state index in [1.165, 1.54) is 34.4 Å². The molecular formula is C57H64F4N10O8S. The predicted octanol–water partition coefficient (Wildman–Crippen LogP) is 7.59. The van der Waals surface area contributed by atoms with E-state index in [-0.39, 0.29) is 79.3 Å². The summed E-state index contributed by atoms with van der Waals surface area (Å²) in [6.07, 6.45) is -5.23. The van der Waals surface area contributed by atoms with Crippen LogP contribution < -0.4 is 31.7 Å². The second-order valence-corrected chi connectivity index (χ2v) is 21.7. The van der Waals surface area contributed by atoms with Gasteiger partial charge in [-0.1, -0.05) is 55.4 Å². The van der Waals surface area contributed by atoms with Crippen LogP contribution in [-0.2, 0) is 20.6 Å². The maximum absolute atomic E-state index is 16.0. The van der Waals surface area contributed by atoms with E-state index in [0.29, 0.717) is 48.1 Å². The van der Waals surface area contributed by atoms with Crippen molar-refractivity contribution in [3.63, 3.8) is 0 Å². The molecule has 6 N–H and O–H groups in total. The number of aliphatic hydroxyl groups excluding tert-OH is 1. The number of aryl methyl sites for hydroxylation is 2. The van der Waals surface area contributed by atoms with Gasteiger partial charge in [-0.15, -0.1) is 11.3 Å². The Balaban J connectivity index is 0.914. The van der Waals surface area contributed by atoms with E-state index in [4.69, 9.17) is 4.52 Å². The second kappa shape index (κ2) is 24.7. The number of alkyl halides is 3. The molecule has 2 aliphatic heterocycles. The standard InChI is InChI=1S/C57H64F4N10O8S/c1-30(2)51(48-19-31(3)68-79-48)56(78)71-28-39(72)22-47(71)55(77)66-44(35-9-11-36(12-10-35)52-34(6)65-29-80-52)24-50(74)62-17-8-18-63-53(75)38-13-15-40(43(58)20-38)37-14-16-46(70-26-32(4)69(7)33(5)27-70)45(21-37)67-54(76)41-25-64-49(73)23-42(41)57(59,60)61/h9-16,19-21,23,25,29-30,32-33,39,44,47,51,72H,8,17-18,22,24,26-28H2,1-7H3,(H,62,74)(H,63,75)(H,64,73)(H,66,77)(H,67,76)/t32-,33+,39-,44+,47+,51-/m1/s1. The van der Waals surface area contributed by atoms with E-state index in [9.17, 15) is 47.0 Å². The zero-order valence-electron chi connectivity index (χ0n) is 45.2. The Bertz CT molecular complexity index is 3300. The first-order valence-electron chi connectivity index (χ1n) is 26.3. The number of β-amino-alcohol motifs (C(OH)–C–C–N with tert-alkyl or cyclic N) is 1. The number of aromatic amines is 1. The number of hydrogen-bond acceptors (Lipinski definition) is 13. The number of thiazole rings is 1. The number of likely N-dealkylation sites (N-methyl/N-ethyl adjacent to an activating group) is 1. The summed E-state index contributed by atoms with van der Waals surface area (Å²) in [6.45, 7) is 12.5. The fourth-order valence-corrected chi connectivity index (χ4v) is 11.1. The lowest BCUT2D eigenvalue weighted by Crippen LogP contribution is -2.55. The smallest absolute Gasteiger partial charge is 0.391 e. The molecular weight excluding hydrogens is 1060 g/mol. The van der Waals surface area contributed by atoms with Crippen molar-refractivity contribution in [2.75, 3.05) is 50.0 Å². The van der Waals surface area contributed by atoms with E-state index in [1.54, 1.807) is 30.6 Å². The Kier molecular flexibility index (Phi) is 18.0. The molecule has 8 rings (SSSR count). The van der Waals surface area contributed by atoms with Gasteiger partial charge in [0.1, 0.15) is 23.5 Å². The number of carbonyl (C=O) groups is 5. The minimum absolute atomic E-state index is 0.0171. The van der Waals surface area contributed by atoms with Crippen LogP contribution in [0.4, 0.5) is 28.9 Å². The number of hydrogen-bond donors (Lipinski definition) is 6. The molecule has 80 heavy (non-hydrogen) atoms. The van der Waals surface area contributed by atoms with Gasteiger partial charge < -0.3 is 45.7 Å². The van der Waals surface area contributed by atoms with Gasteiger partial charge in [-0.05, 0) is 88.0 Å². The molecule has 5 amide bonds. The number of halogens is 4. The van der Waals surface area contributed by atoms with Crippen LogP contribution in [0.1, 0.15) is 108 Å². The average Bonchev–Trinajstić information content (AvgIpc) is 4.16. The van der Waals surface area contributed by atoms with Crippen molar-refractivity contribution in [2.45, 2.75) is 103 Å². The molecule has 6 atom stereocenters. The molecule has 424 valence electrons. The lowest BCUT2D eigenvalue weighted by molar-refractivity contribution is -0.141. The summed E-state index contributed by atoms with van der Waals surface area (Å²) in [7, 11) is 1.98. The number of pyridine rings is 1. The predicted molar refractivity (Wildman–Crippen MR) is 293 cm³/mol. The number of likely N-dealkylation sites (tertiary alicyclic amines) is 1. The Morgan fingerprint density at radius 3 is 2.24 bits per heavy atom. The van der Waals surface area contributed by atoms with Crippen LogP contribution in [0.25, 0.3) is 21.6 Å². The fraction of sp³-hybridized carbons (Fsp3) is 0.404. The number of benzene rings is 3. The van der Waals surface area contributed by atoms with Crippen molar-refractivity contribution in [3.8, 4) is 21.6 Å². The number of amides is 5. The Morgan fingerprint density at radius 1 is 0.900 bits per heavy atom. The van der Waals surface area contributed by atoms with E-state index in [2.05, 4.69) is 41.3 Å². The highest BCUT2D eigenvalue weighted by Crippen LogP contribution is 2.38. The maximum atomic E-state index is 16.0. The Hall–Kier alpha value is -7.76. The molecule has 23 heteroatoms. The van der Waals surface area contributed by atoms with Crippen molar-refractivity contribution < 1.29 is 51.2 Å². The van der Waals surface area contributed by atoms with Gasteiger partial charge in [0, 0.05) is 80.7 Å². The van der Waals surface area contributed by atoms with Crippen LogP contribution in [0, 0.1) is 25.6 Å². The highest BCUT2D eigenvalue weighted by molar-refractivity contribution is 7.13. The van der Waals surface area contributed by atoms with Crippen LogP contribution in [0.15, 0.2) is 93.8 Å². The van der Waals surface area contributed by atoms with Gasteiger partial charge in [0.25, 0.3) is 11.8 Å². The molecule has 0 bridgehead atoms. The highest BCUT2D eigenvalue weighted by Gasteiger charge is 2.44. The second-order valence-electron chi connectivity index (χ2n) is 20.9. The molecule has 0 spiro atoms. The van der Waals surface area contributed by atoms with Crippen LogP contribution in [0.3, 0.4) is 0 Å². The van der Waals surface area contributed by atoms with Crippen molar-refractivity contribution in [3.05, 3.63) is 140 Å². The van der Waals surface area contributed by atoms with Crippen molar-refractivity contribution >= 4 is 52.2 Å². The first kappa shape index (κ1) is 58.4. The van der Waals surface area contributed by atoms with Gasteiger partial charge in [0.05, 0.1) is 62.8 Å². The lowest BCUT2D eigenvalue weighted by Gasteiger charge is -2.44. The largest absolute Gasteiger partial charge is 0.417 e. The summed E-state index contributed by atoms with van der Waals surface area (Å²) in [4.78, 5) is 93.7. The third kappa shape index (κ3) is 13.4. The molecule has 2 fully saturated rings. The summed E-state index contributed by atoms with van der Waals surface area (Å²) in [5.74, 6) is -4.55. The maximum Gasteiger partial charge on any atom is 0.417 e. The van der Waals surface area contributed by atoms with Crippen LogP contribution >= 0.6 is 11.3 Å². The van der Waals surface area contributed by atoms with Crippen molar-refractivity contribution in [1.82, 2.24) is 40.9 Å². The van der Waals surface area contributed by atoms with Crippen LogP contribution in [-0.4, -0.2) is 124 Å². The van der Waals surface area contributed by atoms with Gasteiger partial charge in [-0.3, -0.25) is 33.7 Å². The number of carbonyl (C=O) groups excluding carboxylic acids is 5. The fourth-order valence-electron chi connectivity index (χ4n) is 10.2. The normalized spacial score (nSPS) is 18.5. The molecule has 2 saturated heterocycles. The number of piperazine rings is 1. The van der Waals surface area contributed by atoms with E-state index in [1.807, 2.05) is 70.8 Å². The third-order valence-electron chi connectivity index (χ3n) is 14.7. The Labute approximate surface area is 463 Å². The number of H-pyrrole nitrogens is 1. The first-order chi connectivity index (χ1) is 38.0. The van der Waals surface area contributed by atoms with Crippen LogP contribution in [0.5, 0.6) is 0 Å². The number of rotatable bonds is 18. The molecule has 2 aliphatic rings. The number of nitrogens with one attached hydrogen (secondary N) is 5. The molecule has 0 unspecified atom stereocenters. The molecule has 18 nitrogen and oxygen atoms in total. The quantitative estimate of drug-likeness (QED) is 0.0361. The zero-order chi connectivity index (χ0) is 57.7. The third-order valence-corrected chi connectivity index (χ3v) is 15.7. The number of aromatic nitrogens is 3. The summed E-state index contributed by atoms with van der Waals surface area (Å²) in [5.41, 5.74) is 2.29. The topological polar surface area (TPSA) is 235 Å². The molecule has 3 aromatic carbocycles. The molecule has 0 radical (unpaired) electrons. The van der Waals surface area contributed by atoms with Gasteiger partial charge in [0.2, 0.25) is 23.3 Å². The molecule has 0 aliphatic carbocycles. The van der Waals surface area contributed by atoms with Crippen LogP contribution in [0.2, 0.25) is 0 Å². The van der Waals surface area contributed by atoms with E-state index < -0.39 is 82.3 Å². The first-order valence-corrected chi connectivity index (χ1v) is 27.1. The summed E-state index contributed by atoms with van der Waals surface area (Å²) in [5, 5.41) is 25.9. The summed E-state index contributed by atoms with van der Waals surface area (Å²) in [6, 6.07) is 16.1. The molecule has 5 heterocycles. The lowest BCUT2D eigenvalue weighted by atomic mass is 9.91. The van der Waals surface area contributed by atoms with Gasteiger partial charge >= 0.3 is 6.18 Å². The number of nitrogens with zero attached hydrogens (tertiary/aromatic N) is 5. The number of anilines is 2. The summed E-state index contributed by atoms with van der Waals surface area (Å²) >= 11 is 1.48. The molecule has 0 saturated carbocycles. The minimum Gasteiger partial charge on any atom is -0.391 e. The SMILES string of the molecule is Cc1cc([C@H](C(=O)N2C[C@H](O)C[C@H]2C(=O)N[C@@H](CC(=O)NCCCNC(=O)c2ccc(-c3ccc(N4C[C@@H](C)N(C)[C@@H](C)C4)c(NC(=O)c4c[nH]c(=O)cc4C(F)(F)F)c3)c(F)c2)c2ccc(-c3scnc3C)cc2)C(C)C)on1. The van der Waals surface area contributed by atoms with E-state index >= 15 is 4.39 Å². The monoisotopic (exact) mass is 1120 g/mol. The summed E-state index contributed by atoms with van der Waals surface area (Å²) < 4.78 is 63.6. The van der Waals surface area contributed by atoms with Crippen molar-refractivity contribution in [1.29, 1.82) is 0 Å². The average molecular weight is 1130 g/mol. The number of aliphatic hydroxyl groups is 1. The van der Waals surface area contributed by atoms with Crippen molar-refractivity contribution in [2.24, 2.45) is 5.92 Å².